The van der Waals surface area contributed by atoms with Gasteiger partial charge < -0.3 is 44.5 Å². The fourth-order valence-electron chi connectivity index (χ4n) is 6.00. The van der Waals surface area contributed by atoms with Gasteiger partial charge in [0.15, 0.2) is 12.4 Å². The van der Waals surface area contributed by atoms with Crippen LogP contribution in [-0.4, -0.2) is 93.6 Å². The molecule has 11 nitrogen and oxygen atoms in total. The standard InChI is InChI=1S/C29H34O11/c1-13-18-8-5-16(23(18)26-19(10-20(13)32)14(2)28(36)40-26)12-37-29-25(35)27(24(34)21(11-30)38-29)39-22(33)9-15-3-6-17(31)7-4-15/h3-7,19-21,23-27,29-32,34-35H,2,8-12H2,1H3. The van der Waals surface area contributed by atoms with E-state index in [0.717, 1.165) is 16.7 Å². The van der Waals surface area contributed by atoms with Crippen LogP contribution in [0, 0.1) is 11.8 Å². The summed E-state index contributed by atoms with van der Waals surface area (Å²) >= 11 is 0. The Hall–Kier alpha value is -3.06. The van der Waals surface area contributed by atoms with Crippen LogP contribution >= 0.6 is 0 Å². The van der Waals surface area contributed by atoms with E-state index in [2.05, 4.69) is 6.58 Å². The molecule has 216 valence electrons. The van der Waals surface area contributed by atoms with Crippen molar-refractivity contribution >= 4 is 11.9 Å². The van der Waals surface area contributed by atoms with Crippen molar-refractivity contribution in [3.05, 3.63) is 64.8 Å². The Kier molecular flexibility index (Phi) is 8.14. The lowest BCUT2D eigenvalue weighted by Gasteiger charge is -2.41. The lowest BCUT2D eigenvalue weighted by molar-refractivity contribution is -0.301. The van der Waals surface area contributed by atoms with Gasteiger partial charge in [-0.1, -0.05) is 30.4 Å². The van der Waals surface area contributed by atoms with E-state index in [-0.39, 0.29) is 30.6 Å². The van der Waals surface area contributed by atoms with Crippen LogP contribution in [0.5, 0.6) is 5.75 Å². The molecule has 2 aliphatic heterocycles. The molecule has 9 atom stereocenters. The molecule has 0 amide bonds. The molecule has 1 aromatic carbocycles. The van der Waals surface area contributed by atoms with Gasteiger partial charge in [-0.05, 0) is 48.6 Å². The minimum absolute atomic E-state index is 0.0416. The van der Waals surface area contributed by atoms with E-state index in [1.165, 1.54) is 12.1 Å². The molecule has 2 fully saturated rings. The summed E-state index contributed by atoms with van der Waals surface area (Å²) in [5.41, 5.74) is 3.40. The fourth-order valence-corrected chi connectivity index (χ4v) is 6.00. The van der Waals surface area contributed by atoms with Crippen molar-refractivity contribution in [3.63, 3.8) is 0 Å². The molecule has 0 aromatic heterocycles. The number of carbonyl (C=O) groups is 2. The van der Waals surface area contributed by atoms with E-state index in [0.29, 0.717) is 24.0 Å². The van der Waals surface area contributed by atoms with Crippen LogP contribution in [-0.2, 0) is 35.0 Å². The zero-order valence-corrected chi connectivity index (χ0v) is 22.0. The molecule has 9 unspecified atom stereocenters. The summed E-state index contributed by atoms with van der Waals surface area (Å²) in [7, 11) is 0. The molecule has 2 saturated heterocycles. The Labute approximate surface area is 230 Å². The molecule has 2 heterocycles. The number of rotatable bonds is 7. The first-order valence-electron chi connectivity index (χ1n) is 13.3. The van der Waals surface area contributed by atoms with E-state index >= 15 is 0 Å². The minimum atomic E-state index is -1.58. The molecule has 0 spiro atoms. The number of aliphatic hydroxyl groups is 4. The first-order chi connectivity index (χ1) is 19.1. The van der Waals surface area contributed by atoms with Crippen LogP contribution in [0.4, 0.5) is 0 Å². The second-order valence-electron chi connectivity index (χ2n) is 10.7. The molecule has 0 bridgehead atoms. The zero-order valence-electron chi connectivity index (χ0n) is 22.0. The summed E-state index contributed by atoms with van der Waals surface area (Å²) < 4.78 is 22.6. The van der Waals surface area contributed by atoms with Crippen LogP contribution in [0.15, 0.2) is 59.2 Å². The van der Waals surface area contributed by atoms with E-state index in [1.807, 2.05) is 13.0 Å². The lowest BCUT2D eigenvalue weighted by atomic mass is 9.83. The average Bonchev–Trinajstić information content (AvgIpc) is 3.44. The number of fused-ring (bicyclic) bond motifs is 3. The first kappa shape index (κ1) is 28.5. The SMILES string of the molecule is C=C1C(=O)OC2C1CC(O)C(C)=C1CC=C(COC3OC(CO)C(O)C(OC(=O)Cc4ccc(O)cc4)C3O)C12. The summed E-state index contributed by atoms with van der Waals surface area (Å²) in [5.74, 6) is -1.88. The third-order valence-electron chi connectivity index (χ3n) is 8.31. The van der Waals surface area contributed by atoms with Crippen LogP contribution in [0.2, 0.25) is 0 Å². The van der Waals surface area contributed by atoms with Gasteiger partial charge in [0.1, 0.15) is 30.2 Å². The number of esters is 2. The first-order valence-corrected chi connectivity index (χ1v) is 13.3. The highest BCUT2D eigenvalue weighted by Crippen LogP contribution is 2.48. The number of phenolic OH excluding ortho intramolecular Hbond substituents is 1. The van der Waals surface area contributed by atoms with E-state index in [1.54, 1.807) is 12.1 Å². The normalized spacial score (nSPS) is 35.5. The van der Waals surface area contributed by atoms with Gasteiger partial charge in [0.2, 0.25) is 0 Å². The van der Waals surface area contributed by atoms with Crippen LogP contribution in [0.3, 0.4) is 0 Å². The van der Waals surface area contributed by atoms with Crippen molar-refractivity contribution in [2.45, 2.75) is 69.1 Å². The number of phenols is 1. The Balaban J connectivity index is 1.29. The van der Waals surface area contributed by atoms with Gasteiger partial charge >= 0.3 is 11.9 Å². The van der Waals surface area contributed by atoms with Crippen molar-refractivity contribution in [1.82, 2.24) is 0 Å². The Morgan fingerprint density at radius 1 is 1.15 bits per heavy atom. The largest absolute Gasteiger partial charge is 0.508 e. The highest BCUT2D eigenvalue weighted by Gasteiger charge is 2.51. The monoisotopic (exact) mass is 558 g/mol. The lowest BCUT2D eigenvalue weighted by Crippen LogP contribution is -2.60. The van der Waals surface area contributed by atoms with Gasteiger partial charge in [0.05, 0.1) is 25.7 Å². The van der Waals surface area contributed by atoms with Gasteiger partial charge in [0, 0.05) is 17.4 Å². The fraction of sp³-hybridized carbons (Fsp3) is 0.517. The van der Waals surface area contributed by atoms with Gasteiger partial charge in [-0.2, -0.15) is 0 Å². The topological polar surface area (TPSA) is 172 Å². The van der Waals surface area contributed by atoms with Crippen LogP contribution in [0.25, 0.3) is 0 Å². The molecule has 11 heteroatoms. The third kappa shape index (κ3) is 5.32. The summed E-state index contributed by atoms with van der Waals surface area (Å²) in [6.07, 6.45) is -5.74. The van der Waals surface area contributed by atoms with Crippen molar-refractivity contribution in [3.8, 4) is 5.75 Å². The maximum atomic E-state index is 12.6. The summed E-state index contributed by atoms with van der Waals surface area (Å²) in [5, 5.41) is 51.5. The Morgan fingerprint density at radius 2 is 1.88 bits per heavy atom. The number of hydrogen-bond acceptors (Lipinski definition) is 11. The maximum Gasteiger partial charge on any atom is 0.334 e. The van der Waals surface area contributed by atoms with Crippen LogP contribution in [0.1, 0.15) is 25.3 Å². The molecular formula is C29H34O11. The predicted molar refractivity (Wildman–Crippen MR) is 137 cm³/mol. The highest BCUT2D eigenvalue weighted by atomic mass is 16.7. The van der Waals surface area contributed by atoms with Gasteiger partial charge in [-0.25, -0.2) is 4.79 Å². The predicted octanol–water partition coefficient (Wildman–Crippen LogP) is 0.427. The summed E-state index contributed by atoms with van der Waals surface area (Å²) in [4.78, 5) is 24.9. The van der Waals surface area contributed by atoms with Crippen molar-refractivity contribution < 1.29 is 54.1 Å². The minimum Gasteiger partial charge on any atom is -0.508 e. The number of ether oxygens (including phenoxy) is 4. The van der Waals surface area contributed by atoms with Crippen molar-refractivity contribution in [2.24, 2.45) is 11.8 Å². The molecule has 0 radical (unpaired) electrons. The maximum absolute atomic E-state index is 12.6. The number of carbonyl (C=O) groups excluding carboxylic acids is 2. The number of allylic oxidation sites excluding steroid dienone is 1. The van der Waals surface area contributed by atoms with Gasteiger partial charge in [0.25, 0.3) is 0 Å². The quantitative estimate of drug-likeness (QED) is 0.178. The second kappa shape index (κ2) is 11.4. The number of aliphatic hydroxyl groups excluding tert-OH is 4. The Bertz CT molecular complexity index is 1220. The van der Waals surface area contributed by atoms with Crippen molar-refractivity contribution in [1.29, 1.82) is 0 Å². The summed E-state index contributed by atoms with van der Waals surface area (Å²) in [6, 6.07) is 5.94. The average molecular weight is 559 g/mol. The van der Waals surface area contributed by atoms with Crippen LogP contribution < -0.4 is 0 Å². The highest BCUT2D eigenvalue weighted by molar-refractivity contribution is 5.91. The summed E-state index contributed by atoms with van der Waals surface area (Å²) in [6.45, 7) is 5.06. The molecular weight excluding hydrogens is 524 g/mol. The number of hydrogen-bond donors (Lipinski definition) is 5. The molecule has 5 rings (SSSR count). The van der Waals surface area contributed by atoms with Gasteiger partial charge in [-0.3, -0.25) is 4.79 Å². The molecule has 0 saturated carbocycles. The van der Waals surface area contributed by atoms with E-state index < -0.39 is 61.5 Å². The third-order valence-corrected chi connectivity index (χ3v) is 8.31. The molecule has 1 aromatic rings. The second-order valence-corrected chi connectivity index (χ2v) is 10.7. The van der Waals surface area contributed by atoms with E-state index in [9.17, 15) is 35.1 Å². The molecule has 5 N–H and O–H groups in total. The van der Waals surface area contributed by atoms with Gasteiger partial charge in [-0.15, -0.1) is 0 Å². The number of aromatic hydroxyl groups is 1. The van der Waals surface area contributed by atoms with E-state index in [4.69, 9.17) is 18.9 Å². The molecule has 40 heavy (non-hydrogen) atoms. The smallest absolute Gasteiger partial charge is 0.334 e. The zero-order chi connectivity index (χ0) is 28.7. The number of benzene rings is 1. The Morgan fingerprint density at radius 3 is 2.58 bits per heavy atom. The van der Waals surface area contributed by atoms with Crippen molar-refractivity contribution in [2.75, 3.05) is 13.2 Å². The molecule has 4 aliphatic rings. The molecule has 2 aliphatic carbocycles.